The van der Waals surface area contributed by atoms with Crippen LogP contribution in [0.25, 0.3) is 12.2 Å². The van der Waals surface area contributed by atoms with E-state index < -0.39 is 46.8 Å². The molecule has 10 nitrogen and oxygen atoms in total. The van der Waals surface area contributed by atoms with Gasteiger partial charge in [0.25, 0.3) is 0 Å². The van der Waals surface area contributed by atoms with Crippen LogP contribution in [-0.2, 0) is 24.6 Å². The molecular formula is C49H41ClN2O8. The first-order valence-electron chi connectivity index (χ1n) is 19.8. The molecule has 4 amide bonds. The highest BCUT2D eigenvalue weighted by Crippen LogP contribution is 2.66. The summed E-state index contributed by atoms with van der Waals surface area (Å²) in [5.74, 6) is -4.13. The molecule has 1 saturated carbocycles. The number of carbonyl (C=O) groups excluding carboxylic acids is 4. The predicted octanol–water partition coefficient (Wildman–Crippen LogP) is 8.61. The van der Waals surface area contributed by atoms with Gasteiger partial charge in [0.15, 0.2) is 0 Å². The number of halogens is 1. The van der Waals surface area contributed by atoms with Crippen molar-refractivity contribution in [2.45, 2.75) is 24.2 Å². The van der Waals surface area contributed by atoms with Gasteiger partial charge in [0.1, 0.15) is 23.0 Å². The Bertz CT molecular complexity index is 2620. The number of hydrogen-bond donors (Lipinski definition) is 1. The minimum absolute atomic E-state index is 0.111. The zero-order valence-corrected chi connectivity index (χ0v) is 33.8. The number of phenols is 1. The molecule has 6 atom stereocenters. The molecule has 11 heteroatoms. The van der Waals surface area contributed by atoms with Gasteiger partial charge in [0.05, 0.1) is 55.9 Å². The minimum Gasteiger partial charge on any atom is -0.508 e. The molecule has 5 aromatic rings. The van der Waals surface area contributed by atoms with Crippen LogP contribution >= 0.6 is 11.6 Å². The molecule has 2 aliphatic carbocycles. The third kappa shape index (κ3) is 5.92. The number of nitrogens with zero attached hydrogens (tertiary/aromatic N) is 2. The maximum Gasteiger partial charge on any atom is 0.246 e. The van der Waals surface area contributed by atoms with Gasteiger partial charge in [0, 0.05) is 22.1 Å². The summed E-state index contributed by atoms with van der Waals surface area (Å²) in [7, 11) is 4.69. The van der Waals surface area contributed by atoms with E-state index in [2.05, 4.69) is 0 Å². The second-order valence-electron chi connectivity index (χ2n) is 15.5. The summed E-state index contributed by atoms with van der Waals surface area (Å²) in [6, 6.07) is 33.4. The first kappa shape index (κ1) is 38.8. The highest BCUT2D eigenvalue weighted by Gasteiger charge is 2.71. The quantitative estimate of drug-likeness (QED) is 0.0892. The maximum atomic E-state index is 15.5. The Balaban J connectivity index is 1.14. The molecule has 3 fully saturated rings. The SMILES string of the molecule is COc1ccc(OC)c(C=Cc2ccc(N3C(=O)C4CC=C5C(CC6C(=O)N(c7cccc(Cl)c7)C(=O)C6(c6ccccc6)C5c5c(O)cccc5OC)C4C3=O)cc2)c1. The van der Waals surface area contributed by atoms with Crippen LogP contribution in [0, 0.1) is 23.7 Å². The van der Waals surface area contributed by atoms with Gasteiger partial charge >= 0.3 is 0 Å². The molecule has 0 radical (unpaired) electrons. The Morgan fingerprint density at radius 1 is 0.700 bits per heavy atom. The van der Waals surface area contributed by atoms with Crippen molar-refractivity contribution >= 4 is 58.8 Å². The number of hydrogen-bond acceptors (Lipinski definition) is 8. The van der Waals surface area contributed by atoms with E-state index in [9.17, 15) is 14.7 Å². The number of methoxy groups -OCH3 is 3. The molecule has 2 heterocycles. The molecule has 60 heavy (non-hydrogen) atoms. The molecule has 1 N–H and O–H groups in total. The molecule has 0 aromatic heterocycles. The fraction of sp³-hybridized carbons (Fsp3) is 0.224. The second kappa shape index (κ2) is 15.2. The van der Waals surface area contributed by atoms with E-state index in [1.165, 1.54) is 23.0 Å². The van der Waals surface area contributed by atoms with Crippen LogP contribution in [0.3, 0.4) is 0 Å². The van der Waals surface area contributed by atoms with Crippen LogP contribution < -0.4 is 24.0 Å². The number of imide groups is 2. The number of rotatable bonds is 9. The lowest BCUT2D eigenvalue weighted by Gasteiger charge is -2.51. The van der Waals surface area contributed by atoms with Crippen molar-refractivity contribution < 1.29 is 38.5 Å². The normalized spacial score (nSPS) is 24.6. The van der Waals surface area contributed by atoms with Crippen molar-refractivity contribution in [3.05, 3.63) is 154 Å². The highest BCUT2D eigenvalue weighted by atomic mass is 35.5. The maximum absolute atomic E-state index is 15.5. The fourth-order valence-corrected chi connectivity index (χ4v) is 10.4. The molecule has 2 saturated heterocycles. The van der Waals surface area contributed by atoms with Gasteiger partial charge in [-0.25, -0.2) is 4.90 Å². The van der Waals surface area contributed by atoms with Crippen LogP contribution in [0.1, 0.15) is 41.0 Å². The average molecular weight is 821 g/mol. The third-order valence-corrected chi connectivity index (χ3v) is 13.0. The van der Waals surface area contributed by atoms with E-state index in [1.807, 2.05) is 78.9 Å². The smallest absolute Gasteiger partial charge is 0.246 e. The van der Waals surface area contributed by atoms with Crippen molar-refractivity contribution in [3.8, 4) is 23.0 Å². The lowest BCUT2D eigenvalue weighted by molar-refractivity contribution is -0.127. The van der Waals surface area contributed by atoms with Crippen LogP contribution in [-0.4, -0.2) is 50.1 Å². The van der Waals surface area contributed by atoms with E-state index >= 15 is 9.59 Å². The summed E-state index contributed by atoms with van der Waals surface area (Å²) >= 11 is 6.44. The largest absolute Gasteiger partial charge is 0.508 e. The monoisotopic (exact) mass is 820 g/mol. The van der Waals surface area contributed by atoms with Gasteiger partial charge in [-0.3, -0.25) is 24.1 Å². The number of carbonyl (C=O) groups is 4. The van der Waals surface area contributed by atoms with Gasteiger partial charge in [-0.2, -0.15) is 0 Å². The van der Waals surface area contributed by atoms with Gasteiger partial charge in [-0.15, -0.1) is 0 Å². The first-order chi connectivity index (χ1) is 29.1. The molecule has 0 spiro atoms. The van der Waals surface area contributed by atoms with Gasteiger partial charge in [-0.05, 0) is 90.6 Å². The molecular weight excluding hydrogens is 780 g/mol. The standard InChI is InChI=1S/C49H41ClN2O8/c1-58-34-21-24-40(59-2)29(25-34)18-15-28-16-19-32(20-17-28)51-45(54)36-23-22-35-37(42(36)47(51)56)27-38-46(55)52(33-12-7-11-31(50)26-33)48(57)49(38,30-9-5-4-6-10-30)44(35)43-39(53)13-8-14-41(43)60-3/h4-22,24-26,36-38,42,44,53H,23,27H2,1-3H3. The summed E-state index contributed by atoms with van der Waals surface area (Å²) in [5, 5.41) is 12.1. The summed E-state index contributed by atoms with van der Waals surface area (Å²) in [4.78, 5) is 62.3. The number of allylic oxidation sites excluding steroid dienone is 2. The summed E-state index contributed by atoms with van der Waals surface area (Å²) < 4.78 is 16.8. The first-order valence-corrected chi connectivity index (χ1v) is 20.1. The lowest BCUT2D eigenvalue weighted by atomic mass is 9.49. The number of anilines is 2. The Morgan fingerprint density at radius 2 is 1.45 bits per heavy atom. The number of aromatic hydroxyl groups is 1. The minimum atomic E-state index is -1.56. The van der Waals surface area contributed by atoms with Crippen molar-refractivity contribution in [1.82, 2.24) is 0 Å². The summed E-state index contributed by atoms with van der Waals surface area (Å²) in [5.41, 5.74) is 2.48. The van der Waals surface area contributed by atoms with Crippen LogP contribution in [0.4, 0.5) is 11.4 Å². The highest BCUT2D eigenvalue weighted by molar-refractivity contribution is 6.32. The second-order valence-corrected chi connectivity index (χ2v) is 16.0. The van der Waals surface area contributed by atoms with E-state index in [-0.39, 0.29) is 30.4 Å². The Morgan fingerprint density at radius 3 is 2.17 bits per heavy atom. The van der Waals surface area contributed by atoms with Crippen LogP contribution in [0.5, 0.6) is 23.0 Å². The summed E-state index contributed by atoms with van der Waals surface area (Å²) in [6.45, 7) is 0. The molecule has 6 unspecified atom stereocenters. The fourth-order valence-electron chi connectivity index (χ4n) is 10.2. The number of fused-ring (bicyclic) bond motifs is 4. The van der Waals surface area contributed by atoms with Crippen molar-refractivity contribution in [2.24, 2.45) is 23.7 Å². The van der Waals surface area contributed by atoms with Gasteiger partial charge in [-0.1, -0.05) is 90.0 Å². The molecule has 5 aromatic carbocycles. The molecule has 0 bridgehead atoms. The van der Waals surface area contributed by atoms with E-state index in [4.69, 9.17) is 25.8 Å². The van der Waals surface area contributed by atoms with Crippen molar-refractivity contribution in [2.75, 3.05) is 31.1 Å². The zero-order valence-electron chi connectivity index (χ0n) is 33.1. The van der Waals surface area contributed by atoms with Crippen molar-refractivity contribution in [1.29, 1.82) is 0 Å². The topological polar surface area (TPSA) is 123 Å². The average Bonchev–Trinajstić information content (AvgIpc) is 3.66. The Labute approximate surface area is 352 Å². The third-order valence-electron chi connectivity index (χ3n) is 12.8. The van der Waals surface area contributed by atoms with E-state index in [0.717, 1.165) is 11.1 Å². The Hall–Kier alpha value is -6.65. The predicted molar refractivity (Wildman–Crippen MR) is 228 cm³/mol. The van der Waals surface area contributed by atoms with Gasteiger partial charge < -0.3 is 19.3 Å². The molecule has 302 valence electrons. The number of benzene rings is 5. The lowest BCUT2D eigenvalue weighted by Crippen LogP contribution is -2.53. The number of ether oxygens (including phenoxy) is 3. The van der Waals surface area contributed by atoms with Crippen LogP contribution in [0.15, 0.2) is 127 Å². The Kier molecular flexibility index (Phi) is 9.83. The zero-order chi connectivity index (χ0) is 41.9. The van der Waals surface area contributed by atoms with Crippen LogP contribution in [0.2, 0.25) is 5.02 Å². The van der Waals surface area contributed by atoms with Gasteiger partial charge in [0.2, 0.25) is 23.6 Å². The summed E-state index contributed by atoms with van der Waals surface area (Å²) in [6.07, 6.45) is 6.11. The molecule has 9 rings (SSSR count). The van der Waals surface area contributed by atoms with Crippen molar-refractivity contribution in [3.63, 3.8) is 0 Å². The molecule has 4 aliphatic rings. The molecule has 2 aliphatic heterocycles. The number of phenolic OH excluding ortho intramolecular Hbond substituents is 1. The number of amides is 4. The van der Waals surface area contributed by atoms with E-state index in [0.29, 0.717) is 50.3 Å². The van der Waals surface area contributed by atoms with E-state index in [1.54, 1.807) is 62.8 Å².